The molecular weight excluding hydrogens is 114 g/mol. The number of hydrogen-bond donors (Lipinski definition) is 1. The van der Waals surface area contributed by atoms with Gasteiger partial charge in [0.1, 0.15) is 0 Å². The third kappa shape index (κ3) is 0.775. The van der Waals surface area contributed by atoms with Gasteiger partial charge in [-0.2, -0.15) is 0 Å². The first-order valence-electron chi connectivity index (χ1n) is 3.75. The molecule has 1 aliphatic heterocycles. The summed E-state index contributed by atoms with van der Waals surface area (Å²) >= 11 is 0. The normalized spacial score (nSPS) is 48.3. The molecule has 0 spiro atoms. The van der Waals surface area contributed by atoms with Crippen LogP contribution in [0.5, 0.6) is 0 Å². The first-order chi connectivity index (χ1) is 4.43. The molecule has 2 fully saturated rings. The summed E-state index contributed by atoms with van der Waals surface area (Å²) in [4.78, 5) is 0. The Morgan fingerprint density at radius 1 is 1.56 bits per heavy atom. The molecule has 2 rings (SSSR count). The van der Waals surface area contributed by atoms with Crippen LogP contribution in [0.25, 0.3) is 0 Å². The van der Waals surface area contributed by atoms with Crippen LogP contribution < -0.4 is 5.73 Å². The lowest BCUT2D eigenvalue weighted by Gasteiger charge is -2.07. The van der Waals surface area contributed by atoms with Crippen LogP contribution in [0.3, 0.4) is 0 Å². The smallest absolute Gasteiger partial charge is 0.0651 e. The summed E-state index contributed by atoms with van der Waals surface area (Å²) in [5.41, 5.74) is 5.51. The van der Waals surface area contributed by atoms with Gasteiger partial charge >= 0.3 is 0 Å². The fraction of sp³-hybridized carbons (Fsp3) is 1.00. The van der Waals surface area contributed by atoms with E-state index in [1.54, 1.807) is 0 Å². The molecule has 0 aromatic heterocycles. The van der Waals surface area contributed by atoms with E-state index in [1.807, 2.05) is 0 Å². The molecule has 2 heteroatoms. The van der Waals surface area contributed by atoms with Crippen LogP contribution in [0.15, 0.2) is 0 Å². The van der Waals surface area contributed by atoms with E-state index in [2.05, 4.69) is 0 Å². The lowest BCUT2D eigenvalue weighted by atomic mass is 10.2. The zero-order chi connectivity index (χ0) is 6.27. The Kier molecular flexibility index (Phi) is 1.24. The van der Waals surface area contributed by atoms with Gasteiger partial charge in [0, 0.05) is 12.5 Å². The summed E-state index contributed by atoms with van der Waals surface area (Å²) < 4.78 is 5.48. The maximum absolute atomic E-state index is 5.51. The summed E-state index contributed by atoms with van der Waals surface area (Å²) in [5, 5.41) is 0. The topological polar surface area (TPSA) is 35.2 Å². The minimum absolute atomic E-state index is 0.559. The molecule has 0 radical (unpaired) electrons. The average molecular weight is 127 g/mol. The lowest BCUT2D eigenvalue weighted by Crippen LogP contribution is -2.07. The predicted octanol–water partition coefficient (Wildman–Crippen LogP) is 0.370. The summed E-state index contributed by atoms with van der Waals surface area (Å²) in [6.07, 6.45) is 3.16. The van der Waals surface area contributed by atoms with Crippen LogP contribution in [0.4, 0.5) is 0 Å². The zero-order valence-corrected chi connectivity index (χ0v) is 5.55. The van der Waals surface area contributed by atoms with Gasteiger partial charge in [-0.05, 0) is 25.3 Å². The van der Waals surface area contributed by atoms with Gasteiger partial charge < -0.3 is 10.5 Å². The summed E-state index contributed by atoms with van der Waals surface area (Å²) in [5.74, 6) is 1.55. The van der Waals surface area contributed by atoms with Crippen molar-refractivity contribution in [2.24, 2.45) is 17.6 Å². The number of rotatable bonds is 1. The van der Waals surface area contributed by atoms with Crippen molar-refractivity contribution in [1.82, 2.24) is 0 Å². The maximum atomic E-state index is 5.51. The number of hydrogen-bond acceptors (Lipinski definition) is 2. The van der Waals surface area contributed by atoms with Gasteiger partial charge in [-0.3, -0.25) is 0 Å². The van der Waals surface area contributed by atoms with Gasteiger partial charge in [-0.15, -0.1) is 0 Å². The minimum Gasteiger partial charge on any atom is -0.378 e. The highest BCUT2D eigenvalue weighted by Crippen LogP contribution is 2.46. The fourth-order valence-corrected chi connectivity index (χ4v) is 1.88. The van der Waals surface area contributed by atoms with Crippen LogP contribution in [0.2, 0.25) is 0 Å². The Balaban J connectivity index is 1.91. The third-order valence-corrected chi connectivity index (χ3v) is 2.52. The molecule has 0 unspecified atom stereocenters. The van der Waals surface area contributed by atoms with Crippen molar-refractivity contribution in [3.05, 3.63) is 0 Å². The summed E-state index contributed by atoms with van der Waals surface area (Å²) in [6.45, 7) is 1.80. The molecular formula is C7H13NO. The highest BCUT2D eigenvalue weighted by atomic mass is 16.5. The second-order valence-corrected chi connectivity index (χ2v) is 3.04. The highest BCUT2D eigenvalue weighted by molar-refractivity contribution is 5.00. The third-order valence-electron chi connectivity index (χ3n) is 2.52. The quantitative estimate of drug-likeness (QED) is 0.552. The van der Waals surface area contributed by atoms with Crippen molar-refractivity contribution in [3.8, 4) is 0 Å². The molecule has 1 saturated carbocycles. The largest absolute Gasteiger partial charge is 0.378 e. The van der Waals surface area contributed by atoms with Crippen LogP contribution in [-0.4, -0.2) is 19.3 Å². The van der Waals surface area contributed by atoms with Crippen molar-refractivity contribution in [3.63, 3.8) is 0 Å². The van der Waals surface area contributed by atoms with Gasteiger partial charge in [0.15, 0.2) is 0 Å². The van der Waals surface area contributed by atoms with Crippen molar-refractivity contribution >= 4 is 0 Å². The Hall–Kier alpha value is -0.0800. The van der Waals surface area contributed by atoms with E-state index in [1.165, 1.54) is 12.8 Å². The van der Waals surface area contributed by atoms with Gasteiger partial charge in [0.05, 0.1) is 6.10 Å². The molecule has 1 heterocycles. The molecule has 9 heavy (non-hydrogen) atoms. The minimum atomic E-state index is 0.559. The van der Waals surface area contributed by atoms with E-state index < -0.39 is 0 Å². The van der Waals surface area contributed by atoms with Gasteiger partial charge in [0.25, 0.3) is 0 Å². The van der Waals surface area contributed by atoms with Crippen LogP contribution in [-0.2, 0) is 4.74 Å². The highest BCUT2D eigenvalue weighted by Gasteiger charge is 2.51. The van der Waals surface area contributed by atoms with E-state index >= 15 is 0 Å². The Bertz CT molecular complexity index is 96.7. The van der Waals surface area contributed by atoms with Crippen molar-refractivity contribution in [1.29, 1.82) is 0 Å². The molecule has 0 amide bonds. The molecule has 1 saturated heterocycles. The van der Waals surface area contributed by atoms with Crippen LogP contribution in [0.1, 0.15) is 12.8 Å². The summed E-state index contributed by atoms with van der Waals surface area (Å²) in [6, 6.07) is 0. The SMILES string of the molecule is NC[C@@H]1[C@H]2CCCO[C@@H]12. The molecule has 2 N–H and O–H groups in total. The Morgan fingerprint density at radius 3 is 3.00 bits per heavy atom. The van der Waals surface area contributed by atoms with E-state index in [9.17, 15) is 0 Å². The van der Waals surface area contributed by atoms with E-state index in [0.717, 1.165) is 19.1 Å². The first-order valence-corrected chi connectivity index (χ1v) is 3.75. The molecule has 0 bridgehead atoms. The van der Waals surface area contributed by atoms with Gasteiger partial charge in [-0.25, -0.2) is 0 Å². The first kappa shape index (κ1) is 5.69. The monoisotopic (exact) mass is 127 g/mol. The maximum Gasteiger partial charge on any atom is 0.0651 e. The molecule has 1 aliphatic carbocycles. The zero-order valence-electron chi connectivity index (χ0n) is 5.55. The second kappa shape index (κ2) is 1.96. The van der Waals surface area contributed by atoms with Crippen LogP contribution >= 0.6 is 0 Å². The molecule has 0 aromatic rings. The summed E-state index contributed by atoms with van der Waals surface area (Å²) in [7, 11) is 0. The standard InChI is InChI=1S/C7H13NO/c8-4-6-5-2-1-3-9-7(5)6/h5-7H,1-4,8H2/t5-,6-,7-/m1/s1. The Morgan fingerprint density at radius 2 is 2.44 bits per heavy atom. The van der Waals surface area contributed by atoms with Crippen molar-refractivity contribution in [2.45, 2.75) is 18.9 Å². The molecule has 2 nitrogen and oxygen atoms in total. The average Bonchev–Trinajstić information content (AvgIpc) is 2.60. The number of nitrogens with two attached hydrogens (primary N) is 1. The fourth-order valence-electron chi connectivity index (χ4n) is 1.88. The van der Waals surface area contributed by atoms with E-state index in [4.69, 9.17) is 10.5 Å². The molecule has 2 aliphatic rings. The predicted molar refractivity (Wildman–Crippen MR) is 35.0 cm³/mol. The molecule has 52 valence electrons. The van der Waals surface area contributed by atoms with Crippen LogP contribution in [0, 0.1) is 11.8 Å². The number of ether oxygens (including phenoxy) is 1. The van der Waals surface area contributed by atoms with E-state index in [0.29, 0.717) is 12.0 Å². The molecule has 0 aromatic carbocycles. The Labute approximate surface area is 55.4 Å². The second-order valence-electron chi connectivity index (χ2n) is 3.04. The van der Waals surface area contributed by atoms with Gasteiger partial charge in [0.2, 0.25) is 0 Å². The van der Waals surface area contributed by atoms with E-state index in [-0.39, 0.29) is 0 Å². The number of fused-ring (bicyclic) bond motifs is 1. The van der Waals surface area contributed by atoms with Gasteiger partial charge in [-0.1, -0.05) is 0 Å². The molecule has 3 atom stereocenters. The lowest BCUT2D eigenvalue weighted by molar-refractivity contribution is 0.0757. The van der Waals surface area contributed by atoms with Crippen molar-refractivity contribution in [2.75, 3.05) is 13.2 Å². The van der Waals surface area contributed by atoms with Crippen molar-refractivity contribution < 1.29 is 4.74 Å².